The monoisotopic (exact) mass is 498 g/mol. The summed E-state index contributed by atoms with van der Waals surface area (Å²) in [4.78, 5) is 15.6. The fourth-order valence-electron chi connectivity index (χ4n) is 3.96. The number of ether oxygens (including phenoxy) is 1. The van der Waals surface area contributed by atoms with Crippen LogP contribution in [0.1, 0.15) is 43.7 Å². The summed E-state index contributed by atoms with van der Waals surface area (Å²) >= 11 is 6.28. The van der Waals surface area contributed by atoms with Gasteiger partial charge in [-0.3, -0.25) is 0 Å². The summed E-state index contributed by atoms with van der Waals surface area (Å²) in [6.07, 6.45) is 5.21. The number of likely N-dealkylation sites (tertiary alicyclic amines) is 1. The van der Waals surface area contributed by atoms with Crippen molar-refractivity contribution < 1.29 is 9.13 Å². The van der Waals surface area contributed by atoms with E-state index in [1.165, 1.54) is 6.07 Å². The van der Waals surface area contributed by atoms with Crippen LogP contribution in [0.15, 0.2) is 36.7 Å². The number of anilines is 4. The first kappa shape index (κ1) is 25.1. The average Bonchev–Trinajstić information content (AvgIpc) is 2.82. The van der Waals surface area contributed by atoms with Crippen LogP contribution in [0.3, 0.4) is 0 Å². The highest BCUT2D eigenvalue weighted by Crippen LogP contribution is 2.32. The SMILES string of the molecule is Cc1cnc(Nc2cc(F)c(C3CCN(C)CC3)cn2)nc1Nc1ccc(Cl)c(OCC(C)C)c1. The number of halogens is 2. The van der Waals surface area contributed by atoms with E-state index in [9.17, 15) is 4.39 Å². The summed E-state index contributed by atoms with van der Waals surface area (Å²) in [7, 11) is 2.09. The van der Waals surface area contributed by atoms with Crippen molar-refractivity contribution in [3.05, 3.63) is 58.6 Å². The molecule has 0 amide bonds. The minimum Gasteiger partial charge on any atom is -0.492 e. The summed E-state index contributed by atoms with van der Waals surface area (Å²) in [5, 5.41) is 6.86. The van der Waals surface area contributed by atoms with Gasteiger partial charge in [-0.25, -0.2) is 14.4 Å². The Kier molecular flexibility index (Phi) is 8.03. The lowest BCUT2D eigenvalue weighted by Gasteiger charge is -2.29. The first-order valence-electron chi connectivity index (χ1n) is 11.9. The van der Waals surface area contributed by atoms with Crippen LogP contribution in [0.25, 0.3) is 0 Å². The van der Waals surface area contributed by atoms with Crippen LogP contribution in [0, 0.1) is 18.7 Å². The molecule has 0 bridgehead atoms. The van der Waals surface area contributed by atoms with Gasteiger partial charge in [-0.05, 0) is 63.9 Å². The number of aryl methyl sites for hydroxylation is 1. The van der Waals surface area contributed by atoms with Crippen molar-refractivity contribution in [3.8, 4) is 5.75 Å². The quantitative estimate of drug-likeness (QED) is 0.377. The Morgan fingerprint density at radius 1 is 1.14 bits per heavy atom. The lowest BCUT2D eigenvalue weighted by Crippen LogP contribution is -2.29. The first-order chi connectivity index (χ1) is 16.8. The smallest absolute Gasteiger partial charge is 0.230 e. The van der Waals surface area contributed by atoms with Crippen LogP contribution in [-0.4, -0.2) is 46.6 Å². The van der Waals surface area contributed by atoms with Gasteiger partial charge in [-0.15, -0.1) is 0 Å². The van der Waals surface area contributed by atoms with Crippen LogP contribution >= 0.6 is 11.6 Å². The number of piperidine rings is 1. The molecule has 1 saturated heterocycles. The fraction of sp³-hybridized carbons (Fsp3) is 0.423. The zero-order valence-electron chi connectivity index (χ0n) is 20.6. The van der Waals surface area contributed by atoms with Crippen molar-refractivity contribution in [1.82, 2.24) is 19.9 Å². The Morgan fingerprint density at radius 3 is 2.63 bits per heavy atom. The van der Waals surface area contributed by atoms with E-state index in [-0.39, 0.29) is 11.7 Å². The molecule has 0 spiro atoms. The zero-order chi connectivity index (χ0) is 24.9. The molecule has 0 radical (unpaired) electrons. The number of pyridine rings is 1. The first-order valence-corrected chi connectivity index (χ1v) is 12.3. The molecule has 1 aliphatic heterocycles. The molecular formula is C26H32ClFN6O. The standard InChI is InChI=1S/C26H32ClFN6O/c1-16(2)15-35-23-11-19(5-6-21(23)27)31-25-17(3)13-30-26(33-25)32-24-12-22(28)20(14-29-24)18-7-9-34(4)10-8-18/h5-6,11-14,16,18H,7-10,15H2,1-4H3,(H2,29,30,31,32,33). The lowest BCUT2D eigenvalue weighted by atomic mass is 9.90. The maximum atomic E-state index is 14.9. The molecule has 1 aromatic carbocycles. The van der Waals surface area contributed by atoms with E-state index >= 15 is 0 Å². The van der Waals surface area contributed by atoms with Crippen LogP contribution in [0.4, 0.5) is 27.7 Å². The number of aromatic nitrogens is 3. The third-order valence-corrected chi connectivity index (χ3v) is 6.33. The lowest BCUT2D eigenvalue weighted by molar-refractivity contribution is 0.253. The largest absolute Gasteiger partial charge is 0.492 e. The maximum absolute atomic E-state index is 14.9. The van der Waals surface area contributed by atoms with Crippen LogP contribution in [0.2, 0.25) is 5.02 Å². The summed E-state index contributed by atoms with van der Waals surface area (Å²) in [6, 6.07) is 6.91. The van der Waals surface area contributed by atoms with E-state index in [4.69, 9.17) is 16.3 Å². The molecular weight excluding hydrogens is 467 g/mol. The second-order valence-electron chi connectivity index (χ2n) is 9.49. The highest BCUT2D eigenvalue weighted by atomic mass is 35.5. The normalized spacial score (nSPS) is 14.8. The van der Waals surface area contributed by atoms with Crippen molar-refractivity contribution in [3.63, 3.8) is 0 Å². The van der Waals surface area contributed by atoms with Gasteiger partial charge < -0.3 is 20.3 Å². The summed E-state index contributed by atoms with van der Waals surface area (Å²) in [5.74, 6) is 2.25. The molecule has 1 aliphatic rings. The molecule has 35 heavy (non-hydrogen) atoms. The Hall–Kier alpha value is -2.97. The van der Waals surface area contributed by atoms with E-state index in [0.717, 1.165) is 37.2 Å². The van der Waals surface area contributed by atoms with E-state index in [1.807, 2.05) is 19.1 Å². The van der Waals surface area contributed by atoms with Gasteiger partial charge in [0.25, 0.3) is 0 Å². The second-order valence-corrected chi connectivity index (χ2v) is 9.90. The minimum absolute atomic E-state index is 0.202. The minimum atomic E-state index is -0.252. The predicted octanol–water partition coefficient (Wildman–Crippen LogP) is 6.30. The maximum Gasteiger partial charge on any atom is 0.230 e. The van der Waals surface area contributed by atoms with E-state index in [1.54, 1.807) is 18.5 Å². The van der Waals surface area contributed by atoms with Crippen molar-refractivity contribution in [2.75, 3.05) is 37.4 Å². The van der Waals surface area contributed by atoms with Gasteiger partial charge in [0.2, 0.25) is 5.95 Å². The molecule has 0 atom stereocenters. The van der Waals surface area contributed by atoms with Gasteiger partial charge >= 0.3 is 0 Å². The predicted molar refractivity (Wildman–Crippen MR) is 139 cm³/mol. The van der Waals surface area contributed by atoms with E-state index in [0.29, 0.717) is 46.4 Å². The van der Waals surface area contributed by atoms with Gasteiger partial charge in [0.1, 0.15) is 23.2 Å². The highest BCUT2D eigenvalue weighted by molar-refractivity contribution is 6.32. The molecule has 7 nitrogen and oxygen atoms in total. The number of rotatable bonds is 8. The summed E-state index contributed by atoms with van der Waals surface area (Å²) in [5.41, 5.74) is 2.31. The molecule has 4 rings (SSSR count). The van der Waals surface area contributed by atoms with Gasteiger partial charge in [0, 0.05) is 41.3 Å². The van der Waals surface area contributed by atoms with E-state index < -0.39 is 0 Å². The number of nitrogens with one attached hydrogen (secondary N) is 2. The Morgan fingerprint density at radius 2 is 1.91 bits per heavy atom. The van der Waals surface area contributed by atoms with Crippen molar-refractivity contribution in [2.45, 2.75) is 39.5 Å². The average molecular weight is 499 g/mol. The molecule has 186 valence electrons. The molecule has 2 N–H and O–H groups in total. The van der Waals surface area contributed by atoms with Gasteiger partial charge in [-0.1, -0.05) is 25.4 Å². The molecule has 0 saturated carbocycles. The summed E-state index contributed by atoms with van der Waals surface area (Å²) in [6.45, 7) is 8.58. The van der Waals surface area contributed by atoms with Gasteiger partial charge in [-0.2, -0.15) is 4.98 Å². The Bertz CT molecular complexity index is 1170. The molecule has 1 fully saturated rings. The fourth-order valence-corrected chi connectivity index (χ4v) is 4.13. The van der Waals surface area contributed by atoms with Crippen molar-refractivity contribution in [2.24, 2.45) is 5.92 Å². The molecule has 0 unspecified atom stereocenters. The second kappa shape index (κ2) is 11.2. The molecule has 9 heteroatoms. The third-order valence-electron chi connectivity index (χ3n) is 6.02. The van der Waals surface area contributed by atoms with Crippen LogP contribution in [0.5, 0.6) is 5.75 Å². The molecule has 3 aromatic rings. The Labute approximate surface area is 211 Å². The zero-order valence-corrected chi connectivity index (χ0v) is 21.4. The molecule has 0 aliphatic carbocycles. The van der Waals surface area contributed by atoms with Gasteiger partial charge in [0.15, 0.2) is 0 Å². The van der Waals surface area contributed by atoms with Crippen LogP contribution in [-0.2, 0) is 0 Å². The van der Waals surface area contributed by atoms with Crippen LogP contribution < -0.4 is 15.4 Å². The highest BCUT2D eigenvalue weighted by Gasteiger charge is 2.22. The number of hydrogen-bond donors (Lipinski definition) is 2. The molecule has 3 heterocycles. The Balaban J connectivity index is 1.47. The number of hydrogen-bond acceptors (Lipinski definition) is 7. The number of nitrogens with zero attached hydrogens (tertiary/aromatic N) is 4. The molecule has 2 aromatic heterocycles. The summed E-state index contributed by atoms with van der Waals surface area (Å²) < 4.78 is 20.7. The van der Waals surface area contributed by atoms with E-state index in [2.05, 4.69) is 51.4 Å². The van der Waals surface area contributed by atoms with Gasteiger partial charge in [0.05, 0.1) is 11.6 Å². The van der Waals surface area contributed by atoms with Crippen molar-refractivity contribution in [1.29, 1.82) is 0 Å². The third kappa shape index (κ3) is 6.58. The topological polar surface area (TPSA) is 75.2 Å². The van der Waals surface area contributed by atoms with Crippen molar-refractivity contribution >= 4 is 34.9 Å². The number of benzene rings is 1.